The van der Waals surface area contributed by atoms with E-state index in [1.165, 1.54) is 0 Å². The third-order valence-corrected chi connectivity index (χ3v) is 3.46. The molecule has 0 fully saturated rings. The molecule has 1 heterocycles. The Morgan fingerprint density at radius 3 is 2.67 bits per heavy atom. The lowest BCUT2D eigenvalue weighted by atomic mass is 10.3. The first-order valence-electron chi connectivity index (χ1n) is 6.55. The number of halogens is 1. The molecular formula is C15H17BrN2O3. The molecule has 6 heteroatoms. The van der Waals surface area contributed by atoms with E-state index in [-0.39, 0.29) is 5.91 Å². The van der Waals surface area contributed by atoms with Crippen LogP contribution in [0, 0.1) is 6.92 Å². The maximum Gasteiger partial charge on any atom is 0.263 e. The van der Waals surface area contributed by atoms with Gasteiger partial charge in [0.25, 0.3) is 5.91 Å². The second-order valence-electron chi connectivity index (χ2n) is 4.84. The summed E-state index contributed by atoms with van der Waals surface area (Å²) >= 11 is 3.36. The van der Waals surface area contributed by atoms with Crippen LogP contribution in [0.25, 0.3) is 0 Å². The van der Waals surface area contributed by atoms with E-state index in [9.17, 15) is 4.79 Å². The van der Waals surface area contributed by atoms with E-state index >= 15 is 0 Å². The molecule has 0 saturated carbocycles. The molecule has 0 aliphatic heterocycles. The molecule has 0 aliphatic carbocycles. The Balaban J connectivity index is 1.93. The Morgan fingerprint density at radius 2 is 2.10 bits per heavy atom. The maximum atomic E-state index is 12.3. The number of carbonyl (C=O) groups is 1. The fourth-order valence-electron chi connectivity index (χ4n) is 1.89. The molecule has 2 aromatic rings. The number of amides is 1. The van der Waals surface area contributed by atoms with Crippen LogP contribution in [-0.2, 0) is 11.3 Å². The number of benzene rings is 1. The van der Waals surface area contributed by atoms with Gasteiger partial charge in [-0.2, -0.15) is 0 Å². The molecule has 0 spiro atoms. The number of aromatic nitrogens is 1. The normalized spacial score (nSPS) is 12.0. The summed E-state index contributed by atoms with van der Waals surface area (Å²) in [4.78, 5) is 13.8. The molecule has 21 heavy (non-hydrogen) atoms. The smallest absolute Gasteiger partial charge is 0.263 e. The van der Waals surface area contributed by atoms with Crippen LogP contribution in [0.15, 0.2) is 39.3 Å². The topological polar surface area (TPSA) is 55.6 Å². The highest BCUT2D eigenvalue weighted by Gasteiger charge is 2.20. The molecule has 0 saturated heterocycles. The van der Waals surface area contributed by atoms with Crippen molar-refractivity contribution in [1.82, 2.24) is 10.1 Å². The molecule has 0 bridgehead atoms. The summed E-state index contributed by atoms with van der Waals surface area (Å²) in [6, 6.07) is 9.18. The molecule has 5 nitrogen and oxygen atoms in total. The third kappa shape index (κ3) is 4.32. The predicted molar refractivity (Wildman–Crippen MR) is 81.9 cm³/mol. The molecule has 1 atom stereocenters. The Bertz CT molecular complexity index is 610. The van der Waals surface area contributed by atoms with E-state index in [1.54, 1.807) is 18.9 Å². The second kappa shape index (κ2) is 6.76. The van der Waals surface area contributed by atoms with Gasteiger partial charge in [0.1, 0.15) is 17.2 Å². The zero-order valence-corrected chi connectivity index (χ0v) is 13.8. The Hall–Kier alpha value is -1.82. The van der Waals surface area contributed by atoms with Crippen molar-refractivity contribution in [3.63, 3.8) is 0 Å². The fourth-order valence-corrected chi connectivity index (χ4v) is 2.16. The second-order valence-corrected chi connectivity index (χ2v) is 5.75. The summed E-state index contributed by atoms with van der Waals surface area (Å²) < 4.78 is 11.6. The van der Waals surface area contributed by atoms with Crippen molar-refractivity contribution in [2.24, 2.45) is 0 Å². The van der Waals surface area contributed by atoms with E-state index in [2.05, 4.69) is 21.1 Å². The largest absolute Gasteiger partial charge is 0.481 e. The lowest BCUT2D eigenvalue weighted by Gasteiger charge is -2.21. The van der Waals surface area contributed by atoms with Gasteiger partial charge < -0.3 is 14.2 Å². The van der Waals surface area contributed by atoms with Gasteiger partial charge in [-0.15, -0.1) is 0 Å². The van der Waals surface area contributed by atoms with Crippen LogP contribution in [0.3, 0.4) is 0 Å². The van der Waals surface area contributed by atoms with Crippen LogP contribution in [0.5, 0.6) is 5.75 Å². The standard InChI is InChI=1S/C15H17BrN2O3/c1-10-8-13(17-21-10)9-18(3)15(19)11(2)20-14-6-4-12(16)5-7-14/h4-8,11H,9H2,1-3H3/t11-/m1/s1. The zero-order chi connectivity index (χ0) is 15.4. The van der Waals surface area contributed by atoms with Gasteiger partial charge in [0.2, 0.25) is 0 Å². The van der Waals surface area contributed by atoms with Gasteiger partial charge in [-0.05, 0) is 38.1 Å². The first-order valence-corrected chi connectivity index (χ1v) is 7.34. The van der Waals surface area contributed by atoms with Crippen molar-refractivity contribution < 1.29 is 14.1 Å². The van der Waals surface area contributed by atoms with Crippen LogP contribution in [0.2, 0.25) is 0 Å². The molecule has 0 aliphatic rings. The molecule has 1 amide bonds. The lowest BCUT2D eigenvalue weighted by Crippen LogP contribution is -2.37. The average Bonchev–Trinajstić information content (AvgIpc) is 2.85. The number of rotatable bonds is 5. The SMILES string of the molecule is Cc1cc(CN(C)C(=O)[C@@H](C)Oc2ccc(Br)cc2)no1. The molecule has 0 N–H and O–H groups in total. The zero-order valence-electron chi connectivity index (χ0n) is 12.2. The molecule has 112 valence electrons. The van der Waals surface area contributed by atoms with Crippen molar-refractivity contribution in [1.29, 1.82) is 0 Å². The Kier molecular flexibility index (Phi) is 5.01. The minimum absolute atomic E-state index is 0.112. The van der Waals surface area contributed by atoms with Crippen molar-refractivity contribution in [2.75, 3.05) is 7.05 Å². The average molecular weight is 353 g/mol. The molecule has 1 aromatic heterocycles. The van der Waals surface area contributed by atoms with Crippen molar-refractivity contribution in [3.8, 4) is 5.75 Å². The first-order chi connectivity index (χ1) is 9.95. The molecule has 2 rings (SSSR count). The summed E-state index contributed by atoms with van der Waals surface area (Å²) in [7, 11) is 1.72. The number of aryl methyl sites for hydroxylation is 1. The van der Waals surface area contributed by atoms with Crippen LogP contribution < -0.4 is 4.74 Å². The van der Waals surface area contributed by atoms with E-state index in [0.717, 1.165) is 15.9 Å². The first kappa shape index (κ1) is 15.6. The van der Waals surface area contributed by atoms with Gasteiger partial charge in [0.05, 0.1) is 6.54 Å². The minimum Gasteiger partial charge on any atom is -0.481 e. The fraction of sp³-hybridized carbons (Fsp3) is 0.333. The van der Waals surface area contributed by atoms with Gasteiger partial charge in [-0.1, -0.05) is 21.1 Å². The maximum absolute atomic E-state index is 12.3. The van der Waals surface area contributed by atoms with E-state index in [0.29, 0.717) is 12.3 Å². The summed E-state index contributed by atoms with van der Waals surface area (Å²) in [6.45, 7) is 3.94. The van der Waals surface area contributed by atoms with Crippen molar-refractivity contribution in [3.05, 3.63) is 46.3 Å². The molecule has 0 radical (unpaired) electrons. The van der Waals surface area contributed by atoms with Crippen LogP contribution in [-0.4, -0.2) is 29.1 Å². The van der Waals surface area contributed by atoms with Gasteiger partial charge in [-0.25, -0.2) is 0 Å². The summed E-state index contributed by atoms with van der Waals surface area (Å²) in [6.07, 6.45) is -0.566. The van der Waals surface area contributed by atoms with Gasteiger partial charge in [0, 0.05) is 17.6 Å². The van der Waals surface area contributed by atoms with E-state index in [1.807, 2.05) is 37.3 Å². The molecule has 0 unspecified atom stereocenters. The number of nitrogens with zero attached hydrogens (tertiary/aromatic N) is 2. The van der Waals surface area contributed by atoms with Crippen LogP contribution in [0.4, 0.5) is 0 Å². The van der Waals surface area contributed by atoms with Crippen LogP contribution in [0.1, 0.15) is 18.4 Å². The quantitative estimate of drug-likeness (QED) is 0.829. The predicted octanol–water partition coefficient (Wildman–Crippen LogP) is 3.17. The van der Waals surface area contributed by atoms with Gasteiger partial charge in [-0.3, -0.25) is 4.79 Å². The monoisotopic (exact) mass is 352 g/mol. The summed E-state index contributed by atoms with van der Waals surface area (Å²) in [5.41, 5.74) is 0.721. The number of carbonyl (C=O) groups excluding carboxylic acids is 1. The highest BCUT2D eigenvalue weighted by Crippen LogP contribution is 2.18. The Morgan fingerprint density at radius 1 is 1.43 bits per heavy atom. The summed E-state index contributed by atoms with van der Waals surface area (Å²) in [5, 5.41) is 3.88. The van der Waals surface area contributed by atoms with E-state index in [4.69, 9.17) is 9.26 Å². The minimum atomic E-state index is -0.566. The van der Waals surface area contributed by atoms with Gasteiger partial charge in [0.15, 0.2) is 6.10 Å². The highest BCUT2D eigenvalue weighted by molar-refractivity contribution is 9.10. The lowest BCUT2D eigenvalue weighted by molar-refractivity contribution is -0.137. The van der Waals surface area contributed by atoms with Gasteiger partial charge >= 0.3 is 0 Å². The summed E-state index contributed by atoms with van der Waals surface area (Å²) in [5.74, 6) is 1.27. The van der Waals surface area contributed by atoms with Crippen molar-refractivity contribution in [2.45, 2.75) is 26.5 Å². The number of hydrogen-bond donors (Lipinski definition) is 0. The molecular weight excluding hydrogens is 336 g/mol. The molecule has 1 aromatic carbocycles. The number of hydrogen-bond acceptors (Lipinski definition) is 4. The van der Waals surface area contributed by atoms with Crippen LogP contribution >= 0.6 is 15.9 Å². The highest BCUT2D eigenvalue weighted by atomic mass is 79.9. The number of ether oxygens (including phenoxy) is 1. The Labute approximate surface area is 132 Å². The number of likely N-dealkylation sites (N-methyl/N-ethyl adjacent to an activating group) is 1. The van der Waals surface area contributed by atoms with E-state index < -0.39 is 6.10 Å². The third-order valence-electron chi connectivity index (χ3n) is 2.93. The van der Waals surface area contributed by atoms with Crippen molar-refractivity contribution >= 4 is 21.8 Å².